The third-order valence-electron chi connectivity index (χ3n) is 3.32. The van der Waals surface area contributed by atoms with E-state index in [9.17, 15) is 9.59 Å². The van der Waals surface area contributed by atoms with Gasteiger partial charge in [0.25, 0.3) is 5.91 Å². The number of nitrogens with one attached hydrogen (secondary N) is 1. The van der Waals surface area contributed by atoms with Crippen molar-refractivity contribution < 1.29 is 9.59 Å². The Hall–Kier alpha value is -2.15. The molecule has 1 N–H and O–H groups in total. The molecule has 6 nitrogen and oxygen atoms in total. The zero-order valence-corrected chi connectivity index (χ0v) is 12.9. The van der Waals surface area contributed by atoms with Gasteiger partial charge >= 0.3 is 6.03 Å². The van der Waals surface area contributed by atoms with Crippen LogP contribution in [0.1, 0.15) is 12.5 Å². The maximum absolute atomic E-state index is 12.0. The molecule has 2 aromatic rings. The first-order valence-electron chi connectivity index (χ1n) is 6.53. The summed E-state index contributed by atoms with van der Waals surface area (Å²) in [4.78, 5) is 29.2. The molecule has 0 radical (unpaired) electrons. The van der Waals surface area contributed by atoms with Crippen LogP contribution in [0.15, 0.2) is 35.2 Å². The van der Waals surface area contributed by atoms with Crippen LogP contribution in [-0.2, 0) is 4.79 Å². The lowest BCUT2D eigenvalue weighted by Gasteiger charge is -2.07. The Labute approximate surface area is 129 Å². The molecule has 21 heavy (non-hydrogen) atoms. The van der Waals surface area contributed by atoms with Gasteiger partial charge in [-0.15, -0.1) is 0 Å². The smallest absolute Gasteiger partial charge is 0.322 e. The lowest BCUT2D eigenvalue weighted by atomic mass is 10.2. The minimum absolute atomic E-state index is 0.227. The predicted octanol–water partition coefficient (Wildman–Crippen LogP) is 2.05. The molecule has 3 amide bonds. The maximum atomic E-state index is 12.0. The van der Waals surface area contributed by atoms with Gasteiger partial charge in [0.2, 0.25) is 0 Å². The Morgan fingerprint density at radius 2 is 2.29 bits per heavy atom. The van der Waals surface area contributed by atoms with Gasteiger partial charge in [-0.1, -0.05) is 12.2 Å². The molecule has 7 heteroatoms. The van der Waals surface area contributed by atoms with Crippen LogP contribution >= 0.6 is 15.9 Å². The summed E-state index contributed by atoms with van der Waals surface area (Å²) in [7, 11) is 0. The number of imide groups is 1. The summed E-state index contributed by atoms with van der Waals surface area (Å²) in [5.41, 5.74) is 1.66. The summed E-state index contributed by atoms with van der Waals surface area (Å²) < 4.78 is 2.63. The molecule has 0 aliphatic carbocycles. The largest absolute Gasteiger partial charge is 0.325 e. The van der Waals surface area contributed by atoms with Gasteiger partial charge in [-0.05, 0) is 35.0 Å². The van der Waals surface area contributed by atoms with Crippen molar-refractivity contribution in [3.63, 3.8) is 0 Å². The molecule has 1 atom stereocenters. The van der Waals surface area contributed by atoms with Crippen LogP contribution in [-0.4, -0.2) is 38.8 Å². The van der Waals surface area contributed by atoms with Gasteiger partial charge in [-0.3, -0.25) is 9.69 Å². The fourth-order valence-corrected chi connectivity index (χ4v) is 2.69. The van der Waals surface area contributed by atoms with Crippen LogP contribution in [0.4, 0.5) is 4.79 Å². The lowest BCUT2D eigenvalue weighted by Crippen LogP contribution is -2.30. The van der Waals surface area contributed by atoms with Crippen molar-refractivity contribution in [2.75, 3.05) is 6.54 Å². The third-order valence-corrected chi connectivity index (χ3v) is 3.71. The molecular formula is C14H13BrN4O2. The Balaban J connectivity index is 1.89. The second-order valence-corrected chi connectivity index (χ2v) is 5.44. The van der Waals surface area contributed by atoms with E-state index in [1.54, 1.807) is 19.1 Å². The van der Waals surface area contributed by atoms with E-state index < -0.39 is 6.04 Å². The highest BCUT2D eigenvalue weighted by atomic mass is 79.9. The number of hydrogen-bond donors (Lipinski definition) is 1. The number of carbonyl (C=O) groups is 2. The van der Waals surface area contributed by atoms with Gasteiger partial charge in [0.1, 0.15) is 16.3 Å². The van der Waals surface area contributed by atoms with Crippen molar-refractivity contribution in [3.05, 3.63) is 40.8 Å². The third kappa shape index (κ3) is 2.44. The average molecular weight is 349 g/mol. The summed E-state index contributed by atoms with van der Waals surface area (Å²) in [6.07, 6.45) is 7.24. The molecule has 0 bridgehead atoms. The molecule has 1 unspecified atom stereocenters. The molecule has 0 aromatic carbocycles. The number of fused-ring (bicyclic) bond motifs is 1. The van der Waals surface area contributed by atoms with Crippen LogP contribution in [0.3, 0.4) is 0 Å². The van der Waals surface area contributed by atoms with E-state index in [4.69, 9.17) is 0 Å². The molecule has 3 heterocycles. The van der Waals surface area contributed by atoms with E-state index in [1.807, 2.05) is 28.9 Å². The van der Waals surface area contributed by atoms with E-state index >= 15 is 0 Å². The highest BCUT2D eigenvalue weighted by Crippen LogP contribution is 2.17. The topological polar surface area (TPSA) is 66.7 Å². The minimum Gasteiger partial charge on any atom is -0.322 e. The van der Waals surface area contributed by atoms with Gasteiger partial charge in [0.05, 0.1) is 0 Å². The molecule has 108 valence electrons. The van der Waals surface area contributed by atoms with E-state index in [0.717, 1.165) is 15.8 Å². The standard InChI is InChI=1S/C14H13BrN4O2/c1-2-19-13(20)10(16-14(19)21)6-5-9-4-3-7-18-8-11(15)17-12(9)18/h3-8,10H,2H2,1H3,(H,16,21)/b6-5-. The maximum Gasteiger partial charge on any atom is 0.325 e. The van der Waals surface area contributed by atoms with E-state index in [1.165, 1.54) is 4.90 Å². The van der Waals surface area contributed by atoms with E-state index in [2.05, 4.69) is 26.2 Å². The fourth-order valence-electron chi connectivity index (χ4n) is 2.31. The number of hydrogen-bond acceptors (Lipinski definition) is 3. The second kappa shape index (κ2) is 5.33. The van der Waals surface area contributed by atoms with Crippen LogP contribution < -0.4 is 5.32 Å². The molecule has 3 rings (SSSR count). The summed E-state index contributed by atoms with van der Waals surface area (Å²) in [6.45, 7) is 2.14. The SMILES string of the molecule is CCN1C(=O)NC(/C=C\c2cccn3cc(Br)nc23)C1=O. The fraction of sp³-hybridized carbons (Fsp3) is 0.214. The highest BCUT2D eigenvalue weighted by Gasteiger charge is 2.34. The van der Waals surface area contributed by atoms with Gasteiger partial charge in [-0.2, -0.15) is 0 Å². The molecule has 1 fully saturated rings. The number of carbonyl (C=O) groups excluding carboxylic acids is 2. The van der Waals surface area contributed by atoms with Gasteiger partial charge < -0.3 is 9.72 Å². The zero-order chi connectivity index (χ0) is 15.0. The van der Waals surface area contributed by atoms with Gasteiger partial charge in [0.15, 0.2) is 0 Å². The molecule has 1 saturated heterocycles. The molecular weight excluding hydrogens is 336 g/mol. The van der Waals surface area contributed by atoms with Gasteiger partial charge in [0, 0.05) is 24.5 Å². The van der Waals surface area contributed by atoms with Crippen LogP contribution in [0.25, 0.3) is 11.7 Å². The lowest BCUT2D eigenvalue weighted by molar-refractivity contribution is -0.126. The number of rotatable bonds is 3. The Morgan fingerprint density at radius 3 is 3.00 bits per heavy atom. The minimum atomic E-state index is -0.615. The van der Waals surface area contributed by atoms with Crippen molar-refractivity contribution in [2.24, 2.45) is 0 Å². The van der Waals surface area contributed by atoms with Crippen LogP contribution in [0.2, 0.25) is 0 Å². The summed E-state index contributed by atoms with van der Waals surface area (Å²) in [5, 5.41) is 2.64. The number of urea groups is 1. The number of pyridine rings is 1. The van der Waals surface area contributed by atoms with Crippen molar-refractivity contribution >= 4 is 39.6 Å². The Bertz CT molecular complexity index is 753. The zero-order valence-electron chi connectivity index (χ0n) is 11.3. The summed E-state index contributed by atoms with van der Waals surface area (Å²) in [5.74, 6) is -0.227. The Kier molecular flexibility index (Phi) is 3.50. The first-order chi connectivity index (χ1) is 10.1. The van der Waals surface area contributed by atoms with Crippen molar-refractivity contribution in [3.8, 4) is 0 Å². The van der Waals surface area contributed by atoms with E-state index in [0.29, 0.717) is 6.54 Å². The molecule has 1 aliphatic rings. The monoisotopic (exact) mass is 348 g/mol. The first-order valence-corrected chi connectivity index (χ1v) is 7.32. The highest BCUT2D eigenvalue weighted by molar-refractivity contribution is 9.10. The predicted molar refractivity (Wildman–Crippen MR) is 81.6 cm³/mol. The summed E-state index contributed by atoms with van der Waals surface area (Å²) in [6, 6.07) is 2.84. The quantitative estimate of drug-likeness (QED) is 0.863. The van der Waals surface area contributed by atoms with E-state index in [-0.39, 0.29) is 11.9 Å². The number of nitrogens with zero attached hydrogens (tertiary/aromatic N) is 3. The van der Waals surface area contributed by atoms with Crippen LogP contribution in [0, 0.1) is 0 Å². The normalized spacial score (nSPS) is 19.0. The molecule has 0 saturated carbocycles. The van der Waals surface area contributed by atoms with Gasteiger partial charge in [-0.25, -0.2) is 9.78 Å². The Morgan fingerprint density at radius 1 is 1.48 bits per heavy atom. The summed E-state index contributed by atoms with van der Waals surface area (Å²) >= 11 is 3.34. The van der Waals surface area contributed by atoms with Crippen molar-refractivity contribution in [1.29, 1.82) is 0 Å². The number of likely N-dealkylation sites (N-methyl/N-ethyl adjacent to an activating group) is 1. The number of imidazole rings is 1. The molecule has 0 spiro atoms. The van der Waals surface area contributed by atoms with Crippen LogP contribution in [0.5, 0.6) is 0 Å². The number of halogens is 1. The number of aromatic nitrogens is 2. The van der Waals surface area contributed by atoms with Crippen molar-refractivity contribution in [2.45, 2.75) is 13.0 Å². The van der Waals surface area contributed by atoms with Crippen molar-refractivity contribution in [1.82, 2.24) is 19.6 Å². The molecule has 1 aliphatic heterocycles. The average Bonchev–Trinajstić information content (AvgIpc) is 2.96. The second-order valence-electron chi connectivity index (χ2n) is 4.63. The number of amides is 3. The first kappa shape index (κ1) is 13.8. The molecule has 2 aromatic heterocycles.